The summed E-state index contributed by atoms with van der Waals surface area (Å²) in [5.74, 6) is 0.996. The maximum atomic E-state index is 9.99. The van der Waals surface area contributed by atoms with Crippen LogP contribution < -0.4 is 4.74 Å². The normalized spacial score (nSPS) is 34.7. The Morgan fingerprint density at radius 1 is 0.814 bits per heavy atom. The number of nitrogens with zero attached hydrogens (tertiary/aromatic N) is 4. The van der Waals surface area contributed by atoms with Crippen molar-refractivity contribution in [2.45, 2.75) is 79.8 Å². The van der Waals surface area contributed by atoms with E-state index in [0.29, 0.717) is 19.4 Å². The average Bonchev–Trinajstić information content (AvgIpc) is 3.62. The summed E-state index contributed by atoms with van der Waals surface area (Å²) >= 11 is 3.08. The minimum absolute atomic E-state index is 0.0219. The number of methoxy groups -OCH3 is 1. The van der Waals surface area contributed by atoms with Gasteiger partial charge in [0, 0.05) is 47.3 Å². The van der Waals surface area contributed by atoms with Gasteiger partial charge in [0.05, 0.1) is 32.0 Å². The first-order valence-electron chi connectivity index (χ1n) is 14.5. The van der Waals surface area contributed by atoms with Crippen LogP contribution in [0.3, 0.4) is 0 Å². The highest BCUT2D eigenvalue weighted by Crippen LogP contribution is 2.41. The summed E-state index contributed by atoms with van der Waals surface area (Å²) in [6.07, 6.45) is -1.59. The third kappa shape index (κ3) is 8.16. The van der Waals surface area contributed by atoms with E-state index < -0.39 is 24.4 Å². The van der Waals surface area contributed by atoms with Crippen molar-refractivity contribution in [1.82, 2.24) is 9.80 Å². The number of ether oxygens (including phenoxy) is 4. The number of aliphatic imine (C=N–C) groups is 2. The zero-order valence-corrected chi connectivity index (χ0v) is 27.3. The number of thioether (sulfide) groups is 2. The molecule has 0 spiro atoms. The van der Waals surface area contributed by atoms with Crippen LogP contribution in [0.4, 0.5) is 0 Å². The van der Waals surface area contributed by atoms with Crippen molar-refractivity contribution in [1.29, 1.82) is 0 Å². The molecule has 10 atom stereocenters. The molecule has 1 aromatic carbocycles. The quantitative estimate of drug-likeness (QED) is 0.323. The van der Waals surface area contributed by atoms with E-state index in [1.54, 1.807) is 18.9 Å². The molecule has 0 radical (unpaired) electrons. The van der Waals surface area contributed by atoms with Gasteiger partial charge in [0.25, 0.3) is 0 Å². The number of rotatable bonds is 8. The van der Waals surface area contributed by atoms with Gasteiger partial charge in [-0.3, -0.25) is 9.98 Å². The molecule has 14 heteroatoms. The fourth-order valence-electron chi connectivity index (χ4n) is 5.39. The number of hydrogen-bond donors (Lipinski definition) is 4. The smallest absolute Gasteiger partial charge is 0.161 e. The molecular weight excluding hydrogens is 596 g/mol. The highest BCUT2D eigenvalue weighted by molar-refractivity contribution is 8.14. The van der Waals surface area contributed by atoms with Crippen molar-refractivity contribution in [3.05, 3.63) is 29.8 Å². The number of aliphatic hydroxyl groups excluding tert-OH is 4. The van der Waals surface area contributed by atoms with Crippen LogP contribution in [0.25, 0.3) is 0 Å². The Hall–Kier alpha value is -1.62. The van der Waals surface area contributed by atoms with Gasteiger partial charge in [-0.1, -0.05) is 42.6 Å². The Labute approximate surface area is 262 Å². The van der Waals surface area contributed by atoms with Gasteiger partial charge in [0.15, 0.2) is 10.3 Å². The molecule has 0 unspecified atom stereocenters. The largest absolute Gasteiger partial charge is 0.497 e. The molecule has 12 nitrogen and oxygen atoms in total. The fraction of sp³-hybridized carbons (Fsp3) is 0.724. The highest BCUT2D eigenvalue weighted by atomic mass is 32.2. The molecule has 5 rings (SSSR count). The van der Waals surface area contributed by atoms with E-state index in [4.69, 9.17) is 29.0 Å². The topological polar surface area (TPSA) is 149 Å². The molecule has 43 heavy (non-hydrogen) atoms. The van der Waals surface area contributed by atoms with Crippen LogP contribution in [0.1, 0.15) is 25.3 Å². The molecule has 4 aliphatic heterocycles. The van der Waals surface area contributed by atoms with E-state index in [-0.39, 0.29) is 48.3 Å². The second-order valence-corrected chi connectivity index (χ2v) is 13.5. The molecule has 2 fully saturated rings. The molecular formula is C29H46N4O8S2. The Morgan fingerprint density at radius 3 is 1.91 bits per heavy atom. The van der Waals surface area contributed by atoms with Gasteiger partial charge in [-0.15, -0.1) is 0 Å². The van der Waals surface area contributed by atoms with Crippen molar-refractivity contribution >= 4 is 33.9 Å². The van der Waals surface area contributed by atoms with Gasteiger partial charge in [0.2, 0.25) is 0 Å². The summed E-state index contributed by atoms with van der Waals surface area (Å²) in [4.78, 5) is 13.1. The molecule has 0 saturated carbocycles. The van der Waals surface area contributed by atoms with Crippen LogP contribution >= 0.6 is 23.5 Å². The molecule has 2 saturated heterocycles. The molecule has 0 aliphatic carbocycles. The highest BCUT2D eigenvalue weighted by Gasteiger charge is 2.49. The summed E-state index contributed by atoms with van der Waals surface area (Å²) in [6, 6.07) is 7.46. The first-order chi connectivity index (χ1) is 20.6. The zero-order chi connectivity index (χ0) is 31.3. The number of aliphatic hydroxyl groups is 4. The first-order valence-corrected chi connectivity index (χ1v) is 16.3. The number of amidine groups is 2. The van der Waals surface area contributed by atoms with Gasteiger partial charge in [-0.25, -0.2) is 0 Å². The van der Waals surface area contributed by atoms with E-state index in [1.807, 2.05) is 62.3 Å². The maximum Gasteiger partial charge on any atom is 0.161 e. The predicted molar refractivity (Wildman–Crippen MR) is 168 cm³/mol. The Morgan fingerprint density at radius 2 is 1.35 bits per heavy atom. The van der Waals surface area contributed by atoms with E-state index in [9.17, 15) is 15.3 Å². The molecule has 4 heterocycles. The van der Waals surface area contributed by atoms with E-state index in [2.05, 4.69) is 11.9 Å². The second kappa shape index (κ2) is 15.6. The van der Waals surface area contributed by atoms with Gasteiger partial charge >= 0.3 is 0 Å². The Kier molecular flexibility index (Phi) is 12.4. The van der Waals surface area contributed by atoms with E-state index >= 15 is 0 Å². The standard InChI is InChI=1S/C19H28N2O4S.C10H18N2O4S/c1-12-15(9-10-22)25-18-16(20-19(26-18)21(2)3)17(12)24-11-13-5-7-14(23-4)8-6-13;1-12(2)10-11-6-8(15)7(14)5(3-4-13)16-9(6)17-10/h5-8,12,15-18,22H,9-11H2,1-4H3;5-9,13-15H,3-4H2,1-2H3/t12-,15-,16-,17+,18-;5-,6-,7-,8-,9-/m11/s1. The van der Waals surface area contributed by atoms with Crippen molar-refractivity contribution < 1.29 is 39.4 Å². The summed E-state index contributed by atoms with van der Waals surface area (Å²) in [5.41, 5.74) is 0.769. The third-order valence-corrected chi connectivity index (χ3v) is 10.5. The molecule has 0 aromatic heterocycles. The predicted octanol–water partition coefficient (Wildman–Crippen LogP) is 1.21. The van der Waals surface area contributed by atoms with Gasteiger partial charge in [0.1, 0.15) is 40.9 Å². The van der Waals surface area contributed by atoms with E-state index in [0.717, 1.165) is 21.6 Å². The van der Waals surface area contributed by atoms with Crippen LogP contribution in [-0.4, -0.2) is 143 Å². The lowest BCUT2D eigenvalue weighted by atomic mass is 9.88. The Bertz CT molecular complexity index is 1090. The summed E-state index contributed by atoms with van der Waals surface area (Å²) < 4.78 is 23.4. The summed E-state index contributed by atoms with van der Waals surface area (Å²) in [6.45, 7) is 2.69. The maximum absolute atomic E-state index is 9.99. The molecule has 242 valence electrons. The van der Waals surface area contributed by atoms with Crippen molar-refractivity contribution in [3.8, 4) is 5.75 Å². The second-order valence-electron chi connectivity index (χ2n) is 11.4. The van der Waals surface area contributed by atoms with Gasteiger partial charge in [-0.2, -0.15) is 0 Å². The number of fused-ring (bicyclic) bond motifs is 2. The third-order valence-electron chi connectivity index (χ3n) is 7.85. The lowest BCUT2D eigenvalue weighted by molar-refractivity contribution is -0.156. The summed E-state index contributed by atoms with van der Waals surface area (Å²) in [5, 5.41) is 39.9. The first kappa shape index (κ1) is 34.3. The van der Waals surface area contributed by atoms with E-state index in [1.165, 1.54) is 11.8 Å². The molecule has 0 amide bonds. The van der Waals surface area contributed by atoms with Crippen LogP contribution in [0, 0.1) is 5.92 Å². The van der Waals surface area contributed by atoms with Crippen molar-refractivity contribution in [2.24, 2.45) is 15.9 Å². The van der Waals surface area contributed by atoms with Gasteiger partial charge in [-0.05, 0) is 30.5 Å². The minimum Gasteiger partial charge on any atom is -0.497 e. The molecule has 1 aromatic rings. The molecule has 4 N–H and O–H groups in total. The fourth-order valence-corrected chi connectivity index (χ4v) is 7.71. The minimum atomic E-state index is -0.991. The van der Waals surface area contributed by atoms with Crippen molar-refractivity contribution in [2.75, 3.05) is 48.5 Å². The summed E-state index contributed by atoms with van der Waals surface area (Å²) in [7, 11) is 9.39. The van der Waals surface area contributed by atoms with Crippen LogP contribution in [0.15, 0.2) is 34.3 Å². The van der Waals surface area contributed by atoms with Crippen molar-refractivity contribution in [3.63, 3.8) is 0 Å². The monoisotopic (exact) mass is 642 g/mol. The SMILES string of the molecule is CN(C)C1=N[C@@H]2[C@@H](O)[C@H](O)[C@@H](CCO)O[C@@H]2S1.COc1ccc(CO[C@H]2[C@H](C)[C@@H](CCO)O[C@@H]3SC(N(C)C)=N[C@H]23)cc1. The van der Waals surface area contributed by atoms with Crippen LogP contribution in [-0.2, 0) is 20.8 Å². The lowest BCUT2D eigenvalue weighted by Crippen LogP contribution is -2.54. The number of benzene rings is 1. The van der Waals surface area contributed by atoms with Crippen LogP contribution in [0.2, 0.25) is 0 Å². The van der Waals surface area contributed by atoms with Crippen LogP contribution in [0.5, 0.6) is 5.75 Å². The lowest BCUT2D eigenvalue weighted by Gasteiger charge is -2.41. The average molecular weight is 643 g/mol. The Balaban J connectivity index is 0.000000215. The van der Waals surface area contributed by atoms with Gasteiger partial charge < -0.3 is 49.2 Å². The molecule has 4 aliphatic rings. The number of hydrogen-bond acceptors (Lipinski definition) is 14. The molecule has 0 bridgehead atoms. The zero-order valence-electron chi connectivity index (χ0n) is 25.6.